The summed E-state index contributed by atoms with van der Waals surface area (Å²) in [5.74, 6) is -0.737. The number of hydrogen-bond acceptors (Lipinski definition) is 5. The Labute approximate surface area is 203 Å². The number of benzene rings is 2. The summed E-state index contributed by atoms with van der Waals surface area (Å²) in [4.78, 5) is 44.4. The van der Waals surface area contributed by atoms with Crippen LogP contribution in [-0.2, 0) is 24.4 Å². The van der Waals surface area contributed by atoms with E-state index in [1.807, 2.05) is 49.1 Å². The number of H-pyrrole nitrogens is 1. The van der Waals surface area contributed by atoms with Gasteiger partial charge in [-0.05, 0) is 36.2 Å². The quantitative estimate of drug-likeness (QED) is 0.438. The molecule has 0 saturated carbocycles. The fourth-order valence-electron chi connectivity index (χ4n) is 3.88. The van der Waals surface area contributed by atoms with Crippen molar-refractivity contribution in [2.45, 2.75) is 46.3 Å². The molecule has 0 spiro atoms. The van der Waals surface area contributed by atoms with E-state index in [2.05, 4.69) is 4.98 Å². The zero-order chi connectivity index (χ0) is 25.4. The summed E-state index contributed by atoms with van der Waals surface area (Å²) >= 11 is 0. The van der Waals surface area contributed by atoms with Crippen LogP contribution in [0.1, 0.15) is 37.8 Å². The van der Waals surface area contributed by atoms with Crippen molar-refractivity contribution in [2.75, 3.05) is 23.7 Å². The Hall–Kier alpha value is -3.72. The highest BCUT2D eigenvalue weighted by Gasteiger charge is 2.26. The summed E-state index contributed by atoms with van der Waals surface area (Å²) < 4.78 is 15.0. The van der Waals surface area contributed by atoms with Crippen LogP contribution < -0.4 is 21.9 Å². The molecule has 35 heavy (non-hydrogen) atoms. The van der Waals surface area contributed by atoms with Gasteiger partial charge in [0.25, 0.3) is 5.56 Å². The first-order chi connectivity index (χ1) is 16.8. The van der Waals surface area contributed by atoms with E-state index in [-0.39, 0.29) is 36.3 Å². The molecule has 2 aromatic carbocycles. The summed E-state index contributed by atoms with van der Waals surface area (Å²) in [6.45, 7) is 5.20. The number of carbonyl (C=O) groups excluding carboxylic acids is 1. The van der Waals surface area contributed by atoms with Gasteiger partial charge in [0.05, 0.1) is 13.1 Å². The molecule has 0 atom stereocenters. The Kier molecular flexibility index (Phi) is 8.97. The van der Waals surface area contributed by atoms with Crippen molar-refractivity contribution >= 4 is 17.4 Å². The summed E-state index contributed by atoms with van der Waals surface area (Å²) in [6, 6.07) is 15.5. The van der Waals surface area contributed by atoms with Gasteiger partial charge in [0.2, 0.25) is 5.91 Å². The number of aromatic nitrogens is 2. The fraction of sp³-hybridized carbons (Fsp3) is 0.346. The molecule has 0 saturated heterocycles. The number of nitrogens with two attached hydrogens (primary N) is 1. The van der Waals surface area contributed by atoms with Gasteiger partial charge in [-0.15, -0.1) is 0 Å². The van der Waals surface area contributed by atoms with Gasteiger partial charge in [-0.25, -0.2) is 9.18 Å². The van der Waals surface area contributed by atoms with E-state index in [1.54, 1.807) is 12.1 Å². The van der Waals surface area contributed by atoms with Crippen molar-refractivity contribution < 1.29 is 9.18 Å². The summed E-state index contributed by atoms with van der Waals surface area (Å²) in [7, 11) is 0. The molecule has 8 nitrogen and oxygen atoms in total. The summed E-state index contributed by atoms with van der Waals surface area (Å²) in [6.07, 6.45) is 1.53. The number of amides is 1. The maximum Gasteiger partial charge on any atom is 0.330 e. The second kappa shape index (κ2) is 12.1. The molecular formula is C26H32FN5O3. The molecule has 0 aliphatic carbocycles. The Balaban J connectivity index is 1.97. The molecule has 9 heteroatoms. The number of carbonyl (C=O) groups is 1. The third-order valence-electron chi connectivity index (χ3n) is 5.81. The number of rotatable bonds is 11. The molecule has 1 aromatic heterocycles. The Morgan fingerprint density at radius 1 is 1.03 bits per heavy atom. The number of unbranched alkanes of at least 4 members (excludes halogenated alkanes) is 1. The lowest BCUT2D eigenvalue weighted by atomic mass is 10.2. The lowest BCUT2D eigenvalue weighted by Gasteiger charge is -2.28. The number of hydrogen-bond donors (Lipinski definition) is 2. The monoisotopic (exact) mass is 481 g/mol. The second-order valence-electron chi connectivity index (χ2n) is 8.40. The summed E-state index contributed by atoms with van der Waals surface area (Å²) in [5, 5.41) is 0. The standard InChI is InChI=1S/C26H32FN5O3/c1-3-5-14-31-24(28)23(25(34)29-26(31)35)32(17-19-10-7-6-8-11-19)22(33)18-30(4-2)16-20-12-9-13-21(27)15-20/h6-13,15H,3-5,14,16-18,28H2,1-2H3,(H,29,34,35). The van der Waals surface area contributed by atoms with Crippen molar-refractivity contribution in [3.05, 3.63) is 92.4 Å². The van der Waals surface area contributed by atoms with E-state index in [1.165, 1.54) is 21.6 Å². The number of halogens is 1. The van der Waals surface area contributed by atoms with Crippen LogP contribution in [0.25, 0.3) is 0 Å². The molecule has 0 aliphatic rings. The molecule has 3 rings (SSSR count). The van der Waals surface area contributed by atoms with Gasteiger partial charge in [0, 0.05) is 13.1 Å². The molecule has 0 radical (unpaired) electrons. The second-order valence-corrected chi connectivity index (χ2v) is 8.40. The molecule has 3 aromatic rings. The molecule has 186 valence electrons. The van der Waals surface area contributed by atoms with Crippen LogP contribution in [0.4, 0.5) is 15.9 Å². The molecule has 0 bridgehead atoms. The highest BCUT2D eigenvalue weighted by atomic mass is 19.1. The molecule has 1 amide bonds. The van der Waals surface area contributed by atoms with E-state index in [4.69, 9.17) is 5.73 Å². The Bertz CT molecular complexity index is 1260. The number of likely N-dealkylation sites (N-methyl/N-ethyl adjacent to an activating group) is 1. The highest BCUT2D eigenvalue weighted by Crippen LogP contribution is 2.21. The van der Waals surface area contributed by atoms with E-state index < -0.39 is 11.2 Å². The maximum atomic E-state index is 13.7. The first kappa shape index (κ1) is 25.9. The fourth-order valence-corrected chi connectivity index (χ4v) is 3.88. The predicted octanol–water partition coefficient (Wildman–Crippen LogP) is 3.11. The lowest BCUT2D eigenvalue weighted by Crippen LogP contribution is -2.44. The van der Waals surface area contributed by atoms with Crippen LogP contribution in [0.5, 0.6) is 0 Å². The van der Waals surface area contributed by atoms with Gasteiger partial charge in [-0.1, -0.05) is 62.7 Å². The predicted molar refractivity (Wildman–Crippen MR) is 136 cm³/mol. The topological polar surface area (TPSA) is 104 Å². The van der Waals surface area contributed by atoms with Gasteiger partial charge in [0.15, 0.2) is 5.69 Å². The summed E-state index contributed by atoms with van der Waals surface area (Å²) in [5.41, 5.74) is 6.50. The van der Waals surface area contributed by atoms with E-state index in [0.717, 1.165) is 17.5 Å². The minimum absolute atomic E-state index is 0.0210. The first-order valence-electron chi connectivity index (χ1n) is 11.8. The first-order valence-corrected chi connectivity index (χ1v) is 11.8. The number of nitrogen functional groups attached to an aromatic ring is 1. The van der Waals surface area contributed by atoms with Gasteiger partial charge >= 0.3 is 5.69 Å². The normalized spacial score (nSPS) is 11.1. The number of anilines is 2. The Morgan fingerprint density at radius 2 is 1.74 bits per heavy atom. The number of nitrogens with zero attached hydrogens (tertiary/aromatic N) is 3. The Morgan fingerprint density at radius 3 is 2.40 bits per heavy atom. The third kappa shape index (κ3) is 6.66. The van der Waals surface area contributed by atoms with Gasteiger partial charge in [0.1, 0.15) is 11.6 Å². The van der Waals surface area contributed by atoms with Crippen LogP contribution >= 0.6 is 0 Å². The average molecular weight is 482 g/mol. The molecule has 3 N–H and O–H groups in total. The van der Waals surface area contributed by atoms with Gasteiger partial charge in [-0.3, -0.25) is 28.9 Å². The zero-order valence-electron chi connectivity index (χ0n) is 20.2. The highest BCUT2D eigenvalue weighted by molar-refractivity contribution is 5.96. The maximum absolute atomic E-state index is 13.7. The van der Waals surface area contributed by atoms with Crippen LogP contribution in [0, 0.1) is 5.82 Å². The third-order valence-corrected chi connectivity index (χ3v) is 5.81. The minimum atomic E-state index is -0.710. The lowest BCUT2D eigenvalue weighted by molar-refractivity contribution is -0.120. The van der Waals surface area contributed by atoms with Crippen LogP contribution in [0.3, 0.4) is 0 Å². The van der Waals surface area contributed by atoms with Crippen molar-refractivity contribution in [1.29, 1.82) is 0 Å². The van der Waals surface area contributed by atoms with E-state index in [9.17, 15) is 18.8 Å². The smallest absolute Gasteiger partial charge is 0.330 e. The van der Waals surface area contributed by atoms with E-state index >= 15 is 0 Å². The zero-order valence-corrected chi connectivity index (χ0v) is 20.2. The molecular weight excluding hydrogens is 449 g/mol. The largest absolute Gasteiger partial charge is 0.383 e. The van der Waals surface area contributed by atoms with Crippen LogP contribution in [-0.4, -0.2) is 33.4 Å². The van der Waals surface area contributed by atoms with E-state index in [0.29, 0.717) is 26.1 Å². The van der Waals surface area contributed by atoms with Crippen molar-refractivity contribution in [2.24, 2.45) is 0 Å². The van der Waals surface area contributed by atoms with Gasteiger partial charge < -0.3 is 5.73 Å². The SMILES string of the molecule is CCCCn1c(N)c(N(Cc2ccccc2)C(=O)CN(CC)Cc2cccc(F)c2)c(=O)[nH]c1=O. The number of aromatic amines is 1. The van der Waals surface area contributed by atoms with Crippen LogP contribution in [0.15, 0.2) is 64.2 Å². The molecule has 0 aliphatic heterocycles. The number of nitrogens with one attached hydrogen (secondary N) is 1. The molecule has 1 heterocycles. The van der Waals surface area contributed by atoms with Crippen molar-refractivity contribution in [3.8, 4) is 0 Å². The average Bonchev–Trinajstić information content (AvgIpc) is 2.83. The molecule has 0 unspecified atom stereocenters. The molecule has 0 fully saturated rings. The van der Waals surface area contributed by atoms with Gasteiger partial charge in [-0.2, -0.15) is 0 Å². The van der Waals surface area contributed by atoms with Crippen molar-refractivity contribution in [1.82, 2.24) is 14.5 Å². The minimum Gasteiger partial charge on any atom is -0.383 e. The van der Waals surface area contributed by atoms with Crippen LogP contribution in [0.2, 0.25) is 0 Å². The van der Waals surface area contributed by atoms with Crippen molar-refractivity contribution in [3.63, 3.8) is 0 Å².